The van der Waals surface area contributed by atoms with Crippen molar-refractivity contribution in [2.75, 3.05) is 13.1 Å². The van der Waals surface area contributed by atoms with Crippen LogP contribution in [0.2, 0.25) is 0 Å². The third-order valence-corrected chi connectivity index (χ3v) is 9.23. The minimum atomic E-state index is -3.50. The largest absolute Gasteiger partial charge is 0.328 e. The highest BCUT2D eigenvalue weighted by atomic mass is 32.2. The van der Waals surface area contributed by atoms with E-state index in [1.54, 1.807) is 28.2 Å². The number of hydrogen-bond donors (Lipinski definition) is 1. The summed E-state index contributed by atoms with van der Waals surface area (Å²) in [6, 6.07) is 13.3. The lowest BCUT2D eigenvalue weighted by Gasteiger charge is -2.25. The van der Waals surface area contributed by atoms with Gasteiger partial charge in [-0.25, -0.2) is 23.5 Å². The number of H-pyrrole nitrogens is 1. The van der Waals surface area contributed by atoms with Crippen LogP contribution >= 0.6 is 11.8 Å². The maximum Gasteiger partial charge on any atom is 0.243 e. The maximum atomic E-state index is 13.1. The van der Waals surface area contributed by atoms with Crippen LogP contribution in [0.3, 0.4) is 0 Å². The molecule has 0 bridgehead atoms. The van der Waals surface area contributed by atoms with Gasteiger partial charge in [0.15, 0.2) is 5.16 Å². The summed E-state index contributed by atoms with van der Waals surface area (Å²) >= 11 is 1.58. The maximum absolute atomic E-state index is 13.1. The van der Waals surface area contributed by atoms with Crippen molar-refractivity contribution in [2.24, 2.45) is 0 Å². The number of rotatable bonds is 6. The summed E-state index contributed by atoms with van der Waals surface area (Å²) in [6.07, 6.45) is 2.92. The molecule has 9 nitrogen and oxygen atoms in total. The predicted octanol–water partition coefficient (Wildman–Crippen LogP) is 4.05. The Morgan fingerprint density at radius 2 is 1.82 bits per heavy atom. The van der Waals surface area contributed by atoms with Crippen LogP contribution in [0.5, 0.6) is 0 Å². The van der Waals surface area contributed by atoms with Gasteiger partial charge in [-0.1, -0.05) is 30.3 Å². The molecule has 1 aliphatic rings. The summed E-state index contributed by atoms with van der Waals surface area (Å²) in [4.78, 5) is 9.73. The van der Waals surface area contributed by atoms with E-state index >= 15 is 0 Å². The molecule has 0 saturated carbocycles. The van der Waals surface area contributed by atoms with Gasteiger partial charge in [0.1, 0.15) is 5.82 Å². The van der Waals surface area contributed by atoms with E-state index in [-0.39, 0.29) is 0 Å². The van der Waals surface area contributed by atoms with Gasteiger partial charge in [0, 0.05) is 19.6 Å². The van der Waals surface area contributed by atoms with Crippen molar-refractivity contribution < 1.29 is 8.42 Å². The molecule has 1 N–H and O–H groups in total. The number of thioether (sulfide) groups is 1. The quantitative estimate of drug-likeness (QED) is 0.357. The van der Waals surface area contributed by atoms with E-state index < -0.39 is 10.0 Å². The fraction of sp³-hybridized carbons (Fsp3) is 0.348. The lowest BCUT2D eigenvalue weighted by molar-refractivity contribution is 0.346. The van der Waals surface area contributed by atoms with Crippen molar-refractivity contribution in [3.05, 3.63) is 48.3 Å². The van der Waals surface area contributed by atoms with Gasteiger partial charge in [-0.2, -0.15) is 4.31 Å². The number of aromatic amines is 1. The number of hydrogen-bond acceptors (Lipinski definition) is 6. The highest BCUT2D eigenvalue weighted by Crippen LogP contribution is 2.29. The first-order valence-electron chi connectivity index (χ1n) is 11.5. The Morgan fingerprint density at radius 3 is 2.65 bits per heavy atom. The second-order valence-corrected chi connectivity index (χ2v) is 11.3. The van der Waals surface area contributed by atoms with Gasteiger partial charge in [-0.3, -0.25) is 4.40 Å². The third-order valence-electron chi connectivity index (χ3n) is 6.40. The molecule has 0 spiro atoms. The van der Waals surface area contributed by atoms with Crippen LogP contribution in [0, 0.1) is 0 Å². The van der Waals surface area contributed by atoms with Gasteiger partial charge in [0.25, 0.3) is 0 Å². The summed E-state index contributed by atoms with van der Waals surface area (Å²) in [7, 11) is -3.50. The molecule has 34 heavy (non-hydrogen) atoms. The normalized spacial score (nSPS) is 15.7. The second kappa shape index (κ2) is 8.40. The van der Waals surface area contributed by atoms with Gasteiger partial charge < -0.3 is 4.57 Å². The molecule has 0 aliphatic carbocycles. The number of sulfonamides is 1. The lowest BCUT2D eigenvalue weighted by atomic mass is 10.2. The first-order chi connectivity index (χ1) is 16.6. The van der Waals surface area contributed by atoms with Crippen LogP contribution in [0.4, 0.5) is 0 Å². The van der Waals surface area contributed by atoms with Gasteiger partial charge in [-0.05, 0) is 50.1 Å². The van der Waals surface area contributed by atoms with Crippen molar-refractivity contribution in [3.63, 3.8) is 0 Å². The zero-order chi connectivity index (χ0) is 23.3. The molecule has 11 heteroatoms. The molecule has 0 unspecified atom stereocenters. The molecular weight excluding hydrogens is 470 g/mol. The number of imidazole rings is 2. The summed E-state index contributed by atoms with van der Waals surface area (Å²) in [5.74, 6) is 2.19. The standard InChI is InChI=1S/C23H25N7O2S2/c1-2-29-19-11-10-16(34(31,32)28-12-6-3-7-13-28)14-18(19)24-21(29)15-33-23-27-26-22-25-17-8-4-5-9-20(17)30(22)23/h4-5,8-11,14H,2-3,6-7,12-13,15H2,1H3,(H,25,26). The SMILES string of the molecule is CCn1c(CSc2n[nH]c3nc4ccccc4n23)nc2cc(S(=O)(=O)N3CCCCC3)ccc21. The molecule has 0 radical (unpaired) electrons. The van der Waals surface area contributed by atoms with Crippen molar-refractivity contribution >= 4 is 49.6 Å². The Kier molecular flexibility index (Phi) is 5.34. The second-order valence-electron chi connectivity index (χ2n) is 8.44. The highest BCUT2D eigenvalue weighted by molar-refractivity contribution is 7.98. The Morgan fingerprint density at radius 1 is 1.00 bits per heavy atom. The van der Waals surface area contributed by atoms with Crippen LogP contribution in [-0.2, 0) is 22.3 Å². The van der Waals surface area contributed by atoms with E-state index in [9.17, 15) is 8.42 Å². The minimum absolute atomic E-state index is 0.320. The van der Waals surface area contributed by atoms with Gasteiger partial charge in [0.05, 0.1) is 32.7 Å². The number of fused-ring (bicyclic) bond motifs is 4. The highest BCUT2D eigenvalue weighted by Gasteiger charge is 2.26. The lowest BCUT2D eigenvalue weighted by Crippen LogP contribution is -2.35. The third kappa shape index (κ3) is 3.50. The summed E-state index contributed by atoms with van der Waals surface area (Å²) in [5.41, 5.74) is 3.57. The minimum Gasteiger partial charge on any atom is -0.328 e. The van der Waals surface area contributed by atoms with Crippen molar-refractivity contribution in [1.82, 2.24) is 33.4 Å². The Bertz CT molecular complexity index is 1610. The average molecular weight is 496 g/mol. The average Bonchev–Trinajstić information content (AvgIpc) is 3.54. The van der Waals surface area contributed by atoms with Crippen LogP contribution < -0.4 is 0 Å². The van der Waals surface area contributed by atoms with Crippen molar-refractivity contribution in [1.29, 1.82) is 0 Å². The summed E-state index contributed by atoms with van der Waals surface area (Å²) in [6.45, 7) is 4.00. The number of nitrogens with zero attached hydrogens (tertiary/aromatic N) is 6. The van der Waals surface area contributed by atoms with Gasteiger partial charge in [0.2, 0.25) is 15.8 Å². The van der Waals surface area contributed by atoms with Gasteiger partial charge >= 0.3 is 0 Å². The Hall–Kier alpha value is -2.89. The number of piperidine rings is 1. The molecule has 2 aromatic carbocycles. The molecule has 1 saturated heterocycles. The van der Waals surface area contributed by atoms with Crippen LogP contribution in [0.15, 0.2) is 52.5 Å². The molecule has 0 amide bonds. The first-order valence-corrected chi connectivity index (χ1v) is 13.9. The number of para-hydroxylation sites is 2. The van der Waals surface area contributed by atoms with E-state index in [0.717, 1.165) is 53.3 Å². The Balaban J connectivity index is 1.32. The van der Waals surface area contributed by atoms with Crippen LogP contribution in [-0.4, -0.2) is 54.9 Å². The van der Waals surface area contributed by atoms with E-state index in [0.29, 0.717) is 35.0 Å². The number of aryl methyl sites for hydroxylation is 1. The van der Waals surface area contributed by atoms with Crippen molar-refractivity contribution in [3.8, 4) is 0 Å². The zero-order valence-corrected chi connectivity index (χ0v) is 20.4. The smallest absolute Gasteiger partial charge is 0.243 e. The monoisotopic (exact) mass is 495 g/mol. The topological polar surface area (TPSA) is 101 Å². The first kappa shape index (κ1) is 21.6. The van der Waals surface area contributed by atoms with E-state index in [2.05, 4.69) is 26.7 Å². The van der Waals surface area contributed by atoms with Gasteiger partial charge in [-0.15, -0.1) is 5.10 Å². The van der Waals surface area contributed by atoms with E-state index in [4.69, 9.17) is 4.98 Å². The molecule has 1 aliphatic heterocycles. The summed E-state index contributed by atoms with van der Waals surface area (Å²) < 4.78 is 32.0. The fourth-order valence-electron chi connectivity index (χ4n) is 4.71. The molecule has 0 atom stereocenters. The van der Waals surface area contributed by atoms with E-state index in [1.165, 1.54) is 0 Å². The van der Waals surface area contributed by atoms with E-state index in [1.807, 2.05) is 34.7 Å². The van der Waals surface area contributed by atoms with Crippen molar-refractivity contribution in [2.45, 2.75) is 48.5 Å². The van der Waals surface area contributed by atoms with Crippen LogP contribution in [0.1, 0.15) is 32.0 Å². The molecule has 176 valence electrons. The summed E-state index contributed by atoms with van der Waals surface area (Å²) in [5, 5.41) is 8.26. The molecule has 3 aromatic heterocycles. The number of nitrogens with one attached hydrogen (secondary N) is 1. The predicted molar refractivity (Wildman–Crippen MR) is 132 cm³/mol. The Labute approximate surface area is 201 Å². The fourth-order valence-corrected chi connectivity index (χ4v) is 7.15. The molecular formula is C23H25N7O2S2. The molecule has 1 fully saturated rings. The zero-order valence-electron chi connectivity index (χ0n) is 18.8. The molecule has 5 aromatic rings. The molecule has 6 rings (SSSR count). The number of aromatic nitrogens is 6. The number of benzene rings is 2. The van der Waals surface area contributed by atoms with Crippen LogP contribution in [0.25, 0.3) is 27.8 Å². The molecule has 4 heterocycles.